The molecule has 13 heavy (non-hydrogen) atoms. The Hall–Kier alpha value is -0.0171. The van der Waals surface area contributed by atoms with Gasteiger partial charge in [-0.25, -0.2) is 0 Å². The second kappa shape index (κ2) is 4.47. The Morgan fingerprint density at radius 2 is 1.62 bits per heavy atom. The Labute approximate surface area is 91.5 Å². The van der Waals surface area contributed by atoms with Gasteiger partial charge in [-0.05, 0) is 0 Å². The third-order valence-corrected chi connectivity index (χ3v) is 4.62. The minimum atomic E-state index is -1.50. The number of hydrogen-bond acceptors (Lipinski definition) is 0. The van der Waals surface area contributed by atoms with Crippen LogP contribution in [0, 0.1) is 0 Å². The van der Waals surface area contributed by atoms with E-state index in [2.05, 4.69) is 68.4 Å². The number of halogens is 1. The molecular formula is C11H15BrGe. The molecule has 0 saturated heterocycles. The van der Waals surface area contributed by atoms with E-state index in [-0.39, 0.29) is 0 Å². The fraction of sp³-hybridized carbons (Fsp3) is 0.273. The van der Waals surface area contributed by atoms with Gasteiger partial charge in [0.15, 0.2) is 0 Å². The van der Waals surface area contributed by atoms with Gasteiger partial charge in [-0.15, -0.1) is 0 Å². The van der Waals surface area contributed by atoms with Gasteiger partial charge >= 0.3 is 91.8 Å². The van der Waals surface area contributed by atoms with E-state index in [0.29, 0.717) is 0 Å². The zero-order valence-corrected chi connectivity index (χ0v) is 12.0. The Morgan fingerprint density at radius 3 is 2.08 bits per heavy atom. The summed E-state index contributed by atoms with van der Waals surface area (Å²) in [5, 5.41) is 0. The second-order valence-corrected chi connectivity index (χ2v) is 15.8. The molecule has 0 saturated carbocycles. The summed E-state index contributed by atoms with van der Waals surface area (Å²) in [5.41, 5.74) is 1.30. The third-order valence-electron chi connectivity index (χ3n) is 1.65. The molecule has 0 aliphatic carbocycles. The van der Waals surface area contributed by atoms with Gasteiger partial charge in [-0.2, -0.15) is 0 Å². The summed E-state index contributed by atoms with van der Waals surface area (Å²) in [6, 6.07) is 8.42. The van der Waals surface area contributed by atoms with Crippen molar-refractivity contribution in [3.63, 3.8) is 0 Å². The molecule has 0 spiro atoms. The zero-order chi connectivity index (χ0) is 9.90. The minimum absolute atomic E-state index is 1.14. The van der Waals surface area contributed by atoms with Gasteiger partial charge in [0.05, 0.1) is 0 Å². The van der Waals surface area contributed by atoms with Crippen molar-refractivity contribution in [3.05, 3.63) is 39.2 Å². The molecule has 0 fully saturated rings. The predicted molar refractivity (Wildman–Crippen MR) is 66.5 cm³/mol. The van der Waals surface area contributed by atoms with Gasteiger partial charge in [-0.1, -0.05) is 0 Å². The van der Waals surface area contributed by atoms with E-state index < -0.39 is 13.3 Å². The summed E-state index contributed by atoms with van der Waals surface area (Å²) in [7, 11) is 0. The Balaban J connectivity index is 2.75. The molecule has 1 aromatic rings. The van der Waals surface area contributed by atoms with Gasteiger partial charge in [0.25, 0.3) is 0 Å². The van der Waals surface area contributed by atoms with Crippen LogP contribution < -0.4 is 0 Å². The first-order valence-corrected chi connectivity index (χ1v) is 12.7. The molecule has 1 aromatic carbocycles. The van der Waals surface area contributed by atoms with Gasteiger partial charge in [0, 0.05) is 0 Å². The molecular weight excluding hydrogens is 285 g/mol. The summed E-state index contributed by atoms with van der Waals surface area (Å²) in [6.45, 7) is 0. The quantitative estimate of drug-likeness (QED) is 0.713. The molecule has 2 heteroatoms. The molecule has 0 radical (unpaired) electrons. The molecule has 0 aliphatic rings. The Bertz CT molecular complexity index is 293. The second-order valence-electron chi connectivity index (χ2n) is 4.25. The van der Waals surface area contributed by atoms with Crippen LogP contribution in [0.1, 0.15) is 5.56 Å². The average molecular weight is 300 g/mol. The van der Waals surface area contributed by atoms with E-state index in [0.717, 1.165) is 4.47 Å². The molecule has 0 heterocycles. The molecule has 0 aliphatic heterocycles. The van der Waals surface area contributed by atoms with Crippen LogP contribution in [-0.4, -0.2) is 13.3 Å². The fourth-order valence-corrected chi connectivity index (χ4v) is 2.64. The summed E-state index contributed by atoms with van der Waals surface area (Å²) in [4.78, 5) is 2.41. The monoisotopic (exact) mass is 300 g/mol. The molecule has 0 amide bonds. The molecule has 0 atom stereocenters. The van der Waals surface area contributed by atoms with Crippen LogP contribution in [0.2, 0.25) is 17.3 Å². The Morgan fingerprint density at radius 1 is 1.08 bits per heavy atom. The van der Waals surface area contributed by atoms with Gasteiger partial charge < -0.3 is 0 Å². The van der Waals surface area contributed by atoms with Crippen LogP contribution in [0.15, 0.2) is 33.6 Å². The summed E-state index contributed by atoms with van der Waals surface area (Å²) in [6.07, 6.45) is 2.24. The van der Waals surface area contributed by atoms with E-state index in [4.69, 9.17) is 0 Å². The van der Waals surface area contributed by atoms with Crippen molar-refractivity contribution in [2.24, 2.45) is 0 Å². The van der Waals surface area contributed by atoms with Crippen molar-refractivity contribution in [1.29, 1.82) is 0 Å². The topological polar surface area (TPSA) is 0 Å². The van der Waals surface area contributed by atoms with Crippen molar-refractivity contribution in [1.82, 2.24) is 0 Å². The van der Waals surface area contributed by atoms with Crippen molar-refractivity contribution in [2.45, 2.75) is 17.3 Å². The Kier molecular flexibility index (Phi) is 3.80. The first-order chi connectivity index (χ1) is 5.97. The van der Waals surface area contributed by atoms with Crippen LogP contribution in [0.3, 0.4) is 0 Å². The van der Waals surface area contributed by atoms with E-state index in [1.807, 2.05) is 0 Å². The molecule has 1 rings (SSSR count). The van der Waals surface area contributed by atoms with E-state index >= 15 is 0 Å². The predicted octanol–water partition coefficient (Wildman–Crippen LogP) is 4.34. The van der Waals surface area contributed by atoms with Crippen LogP contribution in [0.4, 0.5) is 0 Å². The van der Waals surface area contributed by atoms with Gasteiger partial charge in [-0.3, -0.25) is 0 Å². The zero-order valence-electron chi connectivity index (χ0n) is 8.34. The summed E-state index contributed by atoms with van der Waals surface area (Å²) in [5.74, 6) is 7.15. The first-order valence-electron chi connectivity index (χ1n) is 4.42. The molecule has 0 unspecified atom stereocenters. The number of benzene rings is 1. The molecule has 0 N–H and O–H groups in total. The standard InChI is InChI=1S/C11H15BrGe/c1-13(2,3)9-8-10-4-6-11(12)7-5-10/h4-9H,1-3H3/b9-8+. The molecule has 0 aromatic heterocycles. The molecule has 0 nitrogen and oxygen atoms in total. The van der Waals surface area contributed by atoms with Gasteiger partial charge in [0.2, 0.25) is 0 Å². The molecule has 0 bridgehead atoms. The van der Waals surface area contributed by atoms with E-state index in [9.17, 15) is 0 Å². The first kappa shape index (κ1) is 11.1. The summed E-state index contributed by atoms with van der Waals surface area (Å²) < 4.78 is 1.14. The van der Waals surface area contributed by atoms with Gasteiger partial charge in [0.1, 0.15) is 0 Å². The molecule has 70 valence electrons. The van der Waals surface area contributed by atoms with Crippen LogP contribution in [-0.2, 0) is 0 Å². The van der Waals surface area contributed by atoms with Crippen molar-refractivity contribution in [3.8, 4) is 0 Å². The number of hydrogen-bond donors (Lipinski definition) is 0. The number of rotatable bonds is 2. The van der Waals surface area contributed by atoms with Crippen LogP contribution >= 0.6 is 15.9 Å². The van der Waals surface area contributed by atoms with Crippen molar-refractivity contribution in [2.75, 3.05) is 0 Å². The van der Waals surface area contributed by atoms with Crippen molar-refractivity contribution >= 4 is 35.3 Å². The average Bonchev–Trinajstić information content (AvgIpc) is 2.02. The third kappa shape index (κ3) is 4.67. The summed E-state index contributed by atoms with van der Waals surface area (Å²) >= 11 is 1.92. The normalized spacial score (nSPS) is 12.3. The SMILES string of the molecule is [CH3][Ge]([CH3])([CH3])/[CH]=C/c1ccc(Br)cc1. The maximum atomic E-state index is 3.42. The van der Waals surface area contributed by atoms with E-state index in [1.54, 1.807) is 0 Å². The van der Waals surface area contributed by atoms with Crippen molar-refractivity contribution < 1.29 is 0 Å². The van der Waals surface area contributed by atoms with E-state index in [1.165, 1.54) is 5.56 Å². The fourth-order valence-electron chi connectivity index (χ4n) is 0.920. The van der Waals surface area contributed by atoms with Crippen LogP contribution in [0.5, 0.6) is 0 Å². The van der Waals surface area contributed by atoms with Crippen LogP contribution in [0.25, 0.3) is 6.08 Å². The maximum absolute atomic E-state index is 3.42.